The standard InChI is InChI=1S/C22H31N5O3/c1-6-27(7-2,8-3)10-12-30-11-9-26-18-14-16(5)15(4)13-17(18)23-19-20(26)24-22(29)25-21(19)28/h13-14H,6-12H2,1-5H3/p+1. The van der Waals surface area contributed by atoms with Crippen molar-refractivity contribution in [2.75, 3.05) is 39.4 Å². The van der Waals surface area contributed by atoms with E-state index in [0.717, 1.165) is 47.3 Å². The average Bonchev–Trinajstić information content (AvgIpc) is 2.72. The van der Waals surface area contributed by atoms with Gasteiger partial charge < -0.3 is 13.8 Å². The van der Waals surface area contributed by atoms with Crippen molar-refractivity contribution >= 4 is 11.0 Å². The van der Waals surface area contributed by atoms with Gasteiger partial charge in [-0.15, -0.1) is 0 Å². The van der Waals surface area contributed by atoms with Crippen molar-refractivity contribution in [1.82, 2.24) is 19.5 Å². The summed E-state index contributed by atoms with van der Waals surface area (Å²) in [6.45, 7) is 16.5. The molecule has 0 radical (unpaired) electrons. The zero-order chi connectivity index (χ0) is 21.9. The number of hydrogen-bond donors (Lipinski definition) is 1. The van der Waals surface area contributed by atoms with Crippen LogP contribution in [0, 0.1) is 13.8 Å². The molecule has 162 valence electrons. The molecule has 0 spiro atoms. The van der Waals surface area contributed by atoms with Gasteiger partial charge >= 0.3 is 5.69 Å². The van der Waals surface area contributed by atoms with Crippen LogP contribution in [-0.2, 0) is 11.3 Å². The van der Waals surface area contributed by atoms with E-state index in [0.29, 0.717) is 31.1 Å². The molecule has 1 aromatic carbocycles. The number of rotatable bonds is 9. The van der Waals surface area contributed by atoms with E-state index in [-0.39, 0.29) is 5.69 Å². The Morgan fingerprint density at radius 3 is 2.33 bits per heavy atom. The molecular formula is C22H32N5O3+. The largest absolute Gasteiger partial charge is 0.374 e. The van der Waals surface area contributed by atoms with Crippen molar-refractivity contribution in [2.45, 2.75) is 41.2 Å². The van der Waals surface area contributed by atoms with Gasteiger partial charge in [0.25, 0.3) is 5.56 Å². The molecule has 0 fully saturated rings. The lowest BCUT2D eigenvalue weighted by molar-refractivity contribution is -0.923. The maximum atomic E-state index is 12.3. The zero-order valence-electron chi connectivity index (χ0n) is 18.6. The summed E-state index contributed by atoms with van der Waals surface area (Å²) in [5.74, 6) is 0.295. The van der Waals surface area contributed by atoms with Gasteiger partial charge in [-0.3, -0.25) is 9.78 Å². The van der Waals surface area contributed by atoms with Gasteiger partial charge in [0.2, 0.25) is 0 Å². The maximum Gasteiger partial charge on any atom is 0.349 e. The highest BCUT2D eigenvalue weighted by Crippen LogP contribution is 2.23. The van der Waals surface area contributed by atoms with Gasteiger partial charge in [0.1, 0.15) is 6.54 Å². The van der Waals surface area contributed by atoms with Gasteiger partial charge in [-0.05, 0) is 57.9 Å². The van der Waals surface area contributed by atoms with Crippen LogP contribution < -0.4 is 11.2 Å². The minimum Gasteiger partial charge on any atom is -0.374 e. The summed E-state index contributed by atoms with van der Waals surface area (Å²) < 4.78 is 8.87. The molecule has 0 atom stereocenters. The molecule has 0 aromatic heterocycles. The van der Waals surface area contributed by atoms with Gasteiger partial charge in [-0.2, -0.15) is 4.98 Å². The van der Waals surface area contributed by atoms with Crippen molar-refractivity contribution < 1.29 is 9.22 Å². The molecule has 30 heavy (non-hydrogen) atoms. The van der Waals surface area contributed by atoms with Gasteiger partial charge in [-0.1, -0.05) is 0 Å². The van der Waals surface area contributed by atoms with Gasteiger partial charge in [0.05, 0.1) is 43.9 Å². The first-order valence-electron chi connectivity index (χ1n) is 10.7. The Labute approximate surface area is 176 Å². The van der Waals surface area contributed by atoms with Crippen molar-refractivity contribution in [3.05, 3.63) is 44.1 Å². The smallest absolute Gasteiger partial charge is 0.349 e. The zero-order valence-corrected chi connectivity index (χ0v) is 18.6. The summed E-state index contributed by atoms with van der Waals surface area (Å²) in [5.41, 5.74) is 2.74. The second kappa shape index (κ2) is 9.06. The monoisotopic (exact) mass is 414 g/mol. The molecule has 2 aliphatic rings. The molecule has 1 aromatic rings. The van der Waals surface area contributed by atoms with Crippen molar-refractivity contribution in [3.63, 3.8) is 0 Å². The van der Waals surface area contributed by atoms with Crippen LogP contribution in [0.15, 0.2) is 21.7 Å². The first-order chi connectivity index (χ1) is 14.3. The Balaban J connectivity index is 1.90. The van der Waals surface area contributed by atoms with E-state index in [1.54, 1.807) is 0 Å². The number of nitrogens with zero attached hydrogens (tertiary/aromatic N) is 4. The molecule has 2 aliphatic heterocycles. The number of aryl methyl sites for hydroxylation is 2. The molecule has 0 bridgehead atoms. The van der Waals surface area contributed by atoms with Gasteiger partial charge in [0, 0.05) is 6.54 Å². The Bertz CT molecular complexity index is 1110. The topological polar surface area (TPSA) is 89.9 Å². The predicted molar refractivity (Wildman–Crippen MR) is 118 cm³/mol. The number of likely N-dealkylation sites (N-methyl/N-ethyl adjacent to an activating group) is 1. The van der Waals surface area contributed by atoms with E-state index in [9.17, 15) is 9.59 Å². The number of benzene rings is 1. The van der Waals surface area contributed by atoms with Crippen LogP contribution in [0.5, 0.6) is 0 Å². The lowest BCUT2D eigenvalue weighted by Crippen LogP contribution is -2.49. The first kappa shape index (κ1) is 22.1. The Kier molecular flexibility index (Phi) is 6.67. The fourth-order valence-electron chi connectivity index (χ4n) is 3.94. The fourth-order valence-corrected chi connectivity index (χ4v) is 3.94. The molecule has 8 heteroatoms. The van der Waals surface area contributed by atoms with Crippen molar-refractivity contribution in [2.24, 2.45) is 0 Å². The molecule has 0 unspecified atom stereocenters. The Morgan fingerprint density at radius 2 is 1.67 bits per heavy atom. The number of fused-ring (bicyclic) bond motifs is 2. The maximum absolute atomic E-state index is 12.3. The third kappa shape index (κ3) is 4.29. The molecule has 0 saturated carbocycles. The first-order valence-corrected chi connectivity index (χ1v) is 10.7. The second-order valence-corrected chi connectivity index (χ2v) is 7.86. The van der Waals surface area contributed by atoms with Crippen LogP contribution in [0.3, 0.4) is 0 Å². The van der Waals surface area contributed by atoms with E-state index in [1.807, 2.05) is 30.5 Å². The number of aromatic nitrogens is 4. The average molecular weight is 415 g/mol. The quantitative estimate of drug-likeness (QED) is 0.329. The highest BCUT2D eigenvalue weighted by atomic mass is 16.5. The molecule has 0 amide bonds. The normalized spacial score (nSPS) is 12.2. The van der Waals surface area contributed by atoms with Crippen LogP contribution in [0.2, 0.25) is 0 Å². The summed E-state index contributed by atoms with van der Waals surface area (Å²) in [4.78, 5) is 34.9. The van der Waals surface area contributed by atoms with E-state index in [1.165, 1.54) is 0 Å². The van der Waals surface area contributed by atoms with Crippen LogP contribution in [0.25, 0.3) is 22.6 Å². The van der Waals surface area contributed by atoms with E-state index in [4.69, 9.17) is 4.74 Å². The molecule has 0 saturated heterocycles. The van der Waals surface area contributed by atoms with E-state index in [2.05, 4.69) is 35.7 Å². The minimum absolute atomic E-state index is 0.170. The van der Waals surface area contributed by atoms with Crippen molar-refractivity contribution in [1.29, 1.82) is 0 Å². The number of quaternary nitrogens is 1. The summed E-state index contributed by atoms with van der Waals surface area (Å²) >= 11 is 0. The second-order valence-electron chi connectivity index (χ2n) is 7.86. The highest BCUT2D eigenvalue weighted by Gasteiger charge is 2.21. The molecule has 3 rings (SSSR count). The number of H-pyrrole nitrogens is 1. The van der Waals surface area contributed by atoms with Gasteiger partial charge in [-0.25, -0.2) is 9.78 Å². The molecule has 1 N–H and O–H groups in total. The van der Waals surface area contributed by atoms with Crippen LogP contribution >= 0.6 is 0 Å². The number of aromatic amines is 1. The Hall–Kier alpha value is -2.58. The molecule has 0 aliphatic carbocycles. The minimum atomic E-state index is -0.664. The third-order valence-electron chi connectivity index (χ3n) is 6.41. The molecule has 8 nitrogen and oxygen atoms in total. The number of nitrogens with one attached hydrogen (secondary N) is 1. The number of hydrogen-bond acceptors (Lipinski definition) is 5. The predicted octanol–water partition coefficient (Wildman–Crippen LogP) is 2.09. The van der Waals surface area contributed by atoms with Crippen LogP contribution in [0.4, 0.5) is 0 Å². The lowest BCUT2D eigenvalue weighted by Gasteiger charge is -2.35. The molecule has 2 heterocycles. The summed E-state index contributed by atoms with van der Waals surface area (Å²) in [5, 5.41) is 0. The summed E-state index contributed by atoms with van der Waals surface area (Å²) in [6, 6.07) is 3.99. The van der Waals surface area contributed by atoms with E-state index < -0.39 is 11.2 Å². The summed E-state index contributed by atoms with van der Waals surface area (Å²) in [6.07, 6.45) is 0. The van der Waals surface area contributed by atoms with E-state index >= 15 is 0 Å². The van der Waals surface area contributed by atoms with Crippen LogP contribution in [0.1, 0.15) is 31.9 Å². The fraction of sp³-hybridized carbons (Fsp3) is 0.545. The highest BCUT2D eigenvalue weighted by molar-refractivity contribution is 5.81. The van der Waals surface area contributed by atoms with Crippen molar-refractivity contribution in [3.8, 4) is 11.5 Å². The van der Waals surface area contributed by atoms with Crippen LogP contribution in [-0.4, -0.2) is 63.4 Å². The lowest BCUT2D eigenvalue weighted by atomic mass is 10.1. The van der Waals surface area contributed by atoms with Gasteiger partial charge in [0.15, 0.2) is 11.5 Å². The SMILES string of the molecule is CC[N+](CC)(CC)CCOCCn1c2nc(=O)[nH]c(=O)c-2nc2cc(C)c(C)cc21. The third-order valence-corrected chi connectivity index (χ3v) is 6.41. The summed E-state index contributed by atoms with van der Waals surface area (Å²) in [7, 11) is 0. The number of ether oxygens (including phenoxy) is 1. The molecular weight excluding hydrogens is 382 g/mol. The Morgan fingerprint density at radius 1 is 1.00 bits per heavy atom.